The van der Waals surface area contributed by atoms with E-state index in [4.69, 9.17) is 4.74 Å². The number of halogens is 1. The zero-order chi connectivity index (χ0) is 18.5. The lowest BCUT2D eigenvalue weighted by atomic mass is 10.1. The van der Waals surface area contributed by atoms with Crippen molar-refractivity contribution in [1.29, 1.82) is 0 Å². The molecule has 0 aliphatic carbocycles. The Morgan fingerprint density at radius 2 is 1.81 bits per heavy atom. The molecule has 0 radical (unpaired) electrons. The molecule has 6 heteroatoms. The van der Waals surface area contributed by atoms with Crippen LogP contribution < -0.4 is 10.1 Å². The lowest BCUT2D eigenvalue weighted by Crippen LogP contribution is -2.36. The average Bonchev–Trinajstić information content (AvgIpc) is 2.68. The van der Waals surface area contributed by atoms with E-state index in [-0.39, 0.29) is 11.8 Å². The van der Waals surface area contributed by atoms with Crippen molar-refractivity contribution >= 4 is 40.1 Å². The zero-order valence-electron chi connectivity index (χ0n) is 14.6. The Morgan fingerprint density at radius 3 is 2.50 bits per heavy atom. The molecule has 1 fully saturated rings. The number of likely N-dealkylation sites (tertiary alicyclic amines) is 1. The van der Waals surface area contributed by atoms with E-state index in [1.54, 1.807) is 37.4 Å². The number of para-hydroxylation sites is 1. The van der Waals surface area contributed by atoms with E-state index in [0.29, 0.717) is 16.8 Å². The highest BCUT2D eigenvalue weighted by Gasteiger charge is 2.21. The molecule has 1 aliphatic rings. The first kappa shape index (κ1) is 18.7. The van der Waals surface area contributed by atoms with Crippen molar-refractivity contribution in [1.82, 2.24) is 4.90 Å². The number of carbonyl (C=O) groups excluding carboxylic acids is 2. The quantitative estimate of drug-likeness (QED) is 0.691. The summed E-state index contributed by atoms with van der Waals surface area (Å²) >= 11 is 2.13. The molecule has 0 spiro atoms. The van der Waals surface area contributed by atoms with E-state index in [0.717, 1.165) is 41.7 Å². The van der Waals surface area contributed by atoms with Gasteiger partial charge in [0, 0.05) is 18.7 Å². The molecule has 1 heterocycles. The van der Waals surface area contributed by atoms with Crippen LogP contribution in [0.25, 0.3) is 0 Å². The molecule has 0 atom stereocenters. The van der Waals surface area contributed by atoms with Gasteiger partial charge in [-0.25, -0.2) is 0 Å². The predicted molar refractivity (Wildman–Crippen MR) is 110 cm³/mol. The number of benzene rings is 2. The van der Waals surface area contributed by atoms with Crippen molar-refractivity contribution in [3.05, 3.63) is 57.2 Å². The van der Waals surface area contributed by atoms with E-state index in [1.807, 2.05) is 17.0 Å². The second-order valence-electron chi connectivity index (χ2n) is 6.20. The van der Waals surface area contributed by atoms with Gasteiger partial charge in [-0.05, 0) is 72.2 Å². The van der Waals surface area contributed by atoms with Crippen LogP contribution in [0.15, 0.2) is 42.5 Å². The van der Waals surface area contributed by atoms with Gasteiger partial charge in [-0.1, -0.05) is 12.1 Å². The average molecular weight is 464 g/mol. The first-order valence-corrected chi connectivity index (χ1v) is 9.71. The van der Waals surface area contributed by atoms with Gasteiger partial charge in [0.2, 0.25) is 0 Å². The van der Waals surface area contributed by atoms with Gasteiger partial charge in [0.15, 0.2) is 0 Å². The van der Waals surface area contributed by atoms with Gasteiger partial charge in [0.25, 0.3) is 11.8 Å². The number of hydrogen-bond donors (Lipinski definition) is 1. The Bertz CT molecular complexity index is 816. The highest BCUT2D eigenvalue weighted by Crippen LogP contribution is 2.24. The molecular weight excluding hydrogens is 443 g/mol. The molecule has 1 saturated heterocycles. The van der Waals surface area contributed by atoms with Gasteiger partial charge in [0.05, 0.1) is 21.9 Å². The molecule has 5 nitrogen and oxygen atoms in total. The number of amides is 2. The van der Waals surface area contributed by atoms with Gasteiger partial charge in [-0.15, -0.1) is 0 Å². The molecule has 0 saturated carbocycles. The Labute approximate surface area is 166 Å². The summed E-state index contributed by atoms with van der Waals surface area (Å²) < 4.78 is 6.08. The second kappa shape index (κ2) is 8.53. The van der Waals surface area contributed by atoms with Crippen molar-refractivity contribution in [3.63, 3.8) is 0 Å². The van der Waals surface area contributed by atoms with Crippen LogP contribution in [0.3, 0.4) is 0 Å². The molecule has 1 N–H and O–H groups in total. The van der Waals surface area contributed by atoms with Crippen molar-refractivity contribution in [2.24, 2.45) is 0 Å². The largest absolute Gasteiger partial charge is 0.496 e. The molecule has 2 aromatic rings. The number of nitrogens with one attached hydrogen (secondary N) is 1. The highest BCUT2D eigenvalue weighted by molar-refractivity contribution is 14.1. The highest BCUT2D eigenvalue weighted by atomic mass is 127. The molecule has 2 amide bonds. The van der Waals surface area contributed by atoms with Crippen LogP contribution in [-0.4, -0.2) is 36.9 Å². The van der Waals surface area contributed by atoms with Crippen LogP contribution in [0.4, 0.5) is 5.69 Å². The van der Waals surface area contributed by atoms with Crippen LogP contribution in [0.5, 0.6) is 5.75 Å². The maximum Gasteiger partial charge on any atom is 0.255 e. The van der Waals surface area contributed by atoms with E-state index in [2.05, 4.69) is 27.9 Å². The molecule has 2 aromatic carbocycles. The Morgan fingerprint density at radius 1 is 1.08 bits per heavy atom. The monoisotopic (exact) mass is 464 g/mol. The number of rotatable bonds is 4. The van der Waals surface area contributed by atoms with Crippen LogP contribution in [0, 0.1) is 3.57 Å². The van der Waals surface area contributed by atoms with Crippen LogP contribution in [0.2, 0.25) is 0 Å². The van der Waals surface area contributed by atoms with Crippen LogP contribution in [0.1, 0.15) is 40.0 Å². The molecule has 0 bridgehead atoms. The van der Waals surface area contributed by atoms with Crippen LogP contribution >= 0.6 is 22.6 Å². The fourth-order valence-corrected chi connectivity index (χ4v) is 3.78. The Balaban J connectivity index is 1.80. The van der Waals surface area contributed by atoms with Gasteiger partial charge >= 0.3 is 0 Å². The minimum absolute atomic E-state index is 0.0232. The summed E-state index contributed by atoms with van der Waals surface area (Å²) in [4.78, 5) is 27.3. The predicted octanol–water partition coefficient (Wildman–Crippen LogP) is 4.18. The number of piperidine rings is 1. The van der Waals surface area contributed by atoms with Crippen molar-refractivity contribution < 1.29 is 14.3 Å². The van der Waals surface area contributed by atoms with E-state index in [9.17, 15) is 9.59 Å². The van der Waals surface area contributed by atoms with E-state index >= 15 is 0 Å². The fraction of sp³-hybridized carbons (Fsp3) is 0.300. The topological polar surface area (TPSA) is 58.6 Å². The smallest absolute Gasteiger partial charge is 0.255 e. The summed E-state index contributed by atoms with van der Waals surface area (Å²) in [5, 5.41) is 2.88. The summed E-state index contributed by atoms with van der Waals surface area (Å²) in [5.74, 6) is 0.456. The number of hydrogen-bond acceptors (Lipinski definition) is 3. The minimum Gasteiger partial charge on any atom is -0.496 e. The second-order valence-corrected chi connectivity index (χ2v) is 7.36. The van der Waals surface area contributed by atoms with Crippen molar-refractivity contribution in [3.8, 4) is 5.75 Å². The zero-order valence-corrected chi connectivity index (χ0v) is 16.8. The summed E-state index contributed by atoms with van der Waals surface area (Å²) in [6.07, 6.45) is 3.23. The Kier molecular flexibility index (Phi) is 6.13. The number of anilines is 1. The first-order valence-electron chi connectivity index (χ1n) is 8.63. The number of nitrogens with zero attached hydrogens (tertiary/aromatic N) is 1. The van der Waals surface area contributed by atoms with Crippen molar-refractivity contribution in [2.75, 3.05) is 25.5 Å². The minimum atomic E-state index is -0.246. The van der Waals surface area contributed by atoms with E-state index in [1.165, 1.54) is 0 Å². The summed E-state index contributed by atoms with van der Waals surface area (Å²) in [6.45, 7) is 1.55. The molecule has 136 valence electrons. The van der Waals surface area contributed by atoms with Gasteiger partial charge in [-0.2, -0.15) is 0 Å². The van der Waals surface area contributed by atoms with Gasteiger partial charge < -0.3 is 15.0 Å². The summed E-state index contributed by atoms with van der Waals surface area (Å²) in [7, 11) is 1.60. The first-order chi connectivity index (χ1) is 12.6. The third-order valence-electron chi connectivity index (χ3n) is 4.46. The molecule has 1 aliphatic heterocycles. The van der Waals surface area contributed by atoms with Crippen molar-refractivity contribution in [2.45, 2.75) is 19.3 Å². The van der Waals surface area contributed by atoms with Gasteiger partial charge in [0.1, 0.15) is 5.75 Å². The van der Waals surface area contributed by atoms with E-state index < -0.39 is 0 Å². The maximum absolute atomic E-state index is 12.8. The number of carbonyl (C=O) groups is 2. The molecular formula is C20H21IN2O3. The Hall–Kier alpha value is -2.09. The number of methoxy groups -OCH3 is 1. The maximum atomic E-state index is 12.8. The third kappa shape index (κ3) is 4.17. The number of ether oxygens (including phenoxy) is 1. The molecule has 0 aromatic heterocycles. The normalized spacial score (nSPS) is 14.0. The SMILES string of the molecule is COc1ccc(C(=O)Nc2ccccc2C(=O)N2CCCCC2)cc1I. The van der Waals surface area contributed by atoms with Crippen LogP contribution in [-0.2, 0) is 0 Å². The standard InChI is InChI=1S/C20H21IN2O3/c1-26-18-10-9-14(13-16(18)21)19(24)22-17-8-4-3-7-15(17)20(25)23-11-5-2-6-12-23/h3-4,7-10,13H,2,5-6,11-12H2,1H3,(H,22,24). The lowest BCUT2D eigenvalue weighted by molar-refractivity contribution is 0.0725. The molecule has 0 unspecified atom stereocenters. The van der Waals surface area contributed by atoms with Gasteiger partial charge in [-0.3, -0.25) is 9.59 Å². The molecule has 3 rings (SSSR count). The summed E-state index contributed by atoms with van der Waals surface area (Å²) in [5.41, 5.74) is 1.60. The summed E-state index contributed by atoms with van der Waals surface area (Å²) in [6, 6.07) is 12.4. The fourth-order valence-electron chi connectivity index (χ4n) is 3.05. The lowest BCUT2D eigenvalue weighted by Gasteiger charge is -2.27. The molecule has 26 heavy (non-hydrogen) atoms. The third-order valence-corrected chi connectivity index (χ3v) is 5.31.